The number of hydrogen-bond donors (Lipinski definition) is 0. The van der Waals surface area contributed by atoms with E-state index in [0.717, 1.165) is 0 Å². The zero-order valence-corrected chi connectivity index (χ0v) is 7.77. The predicted molar refractivity (Wildman–Crippen MR) is 46.8 cm³/mol. The van der Waals surface area contributed by atoms with Crippen LogP contribution in [0, 0.1) is 11.3 Å². The summed E-state index contributed by atoms with van der Waals surface area (Å²) in [5, 5.41) is 8.74. The van der Waals surface area contributed by atoms with Crippen molar-refractivity contribution >= 4 is 5.97 Å². The third-order valence-corrected chi connectivity index (χ3v) is 1.61. The minimum atomic E-state index is -0.586. The van der Waals surface area contributed by atoms with E-state index in [1.807, 2.05) is 6.07 Å². The Kier molecular flexibility index (Phi) is 3.02. The molecule has 0 spiro atoms. The molecule has 1 heterocycles. The van der Waals surface area contributed by atoms with Gasteiger partial charge in [0.1, 0.15) is 6.07 Å². The Labute approximate surface area is 80.9 Å². The van der Waals surface area contributed by atoms with Gasteiger partial charge in [0.15, 0.2) is 0 Å². The van der Waals surface area contributed by atoms with Gasteiger partial charge in [-0.3, -0.25) is 0 Å². The van der Waals surface area contributed by atoms with Crippen LogP contribution in [0.1, 0.15) is 15.9 Å². The fourth-order valence-electron chi connectivity index (χ4n) is 0.913. The van der Waals surface area contributed by atoms with Crippen LogP contribution < -0.4 is 4.74 Å². The zero-order valence-electron chi connectivity index (χ0n) is 7.77. The van der Waals surface area contributed by atoms with E-state index in [1.165, 1.54) is 26.5 Å². The predicted octanol–water partition coefficient (Wildman–Crippen LogP) is 0.748. The molecular formula is C9H8N2O3. The van der Waals surface area contributed by atoms with Crippen molar-refractivity contribution in [1.82, 2.24) is 4.98 Å². The van der Waals surface area contributed by atoms with Crippen LogP contribution in [-0.2, 0) is 4.74 Å². The lowest BCUT2D eigenvalue weighted by Gasteiger charge is -2.02. The third kappa shape index (κ3) is 1.80. The molecule has 0 amide bonds. The Balaban J connectivity index is 3.20. The normalized spacial score (nSPS) is 8.93. The molecule has 1 aromatic heterocycles. The lowest BCUT2D eigenvalue weighted by atomic mass is 10.1. The molecule has 0 aliphatic carbocycles. The van der Waals surface area contributed by atoms with Crippen molar-refractivity contribution in [3.8, 4) is 11.9 Å². The number of methoxy groups -OCH3 is 2. The van der Waals surface area contributed by atoms with E-state index >= 15 is 0 Å². The summed E-state index contributed by atoms with van der Waals surface area (Å²) in [6.45, 7) is 0. The number of ether oxygens (including phenoxy) is 2. The molecule has 1 aromatic rings. The average molecular weight is 192 g/mol. The van der Waals surface area contributed by atoms with Gasteiger partial charge in [0, 0.05) is 12.3 Å². The molecule has 0 aromatic carbocycles. The quantitative estimate of drug-likeness (QED) is 0.646. The highest BCUT2D eigenvalue weighted by molar-refractivity contribution is 5.91. The molecule has 0 radical (unpaired) electrons. The second kappa shape index (κ2) is 4.23. The summed E-state index contributed by atoms with van der Waals surface area (Å²) in [4.78, 5) is 14.9. The summed E-state index contributed by atoms with van der Waals surface area (Å²) in [7, 11) is 2.68. The van der Waals surface area contributed by atoms with E-state index in [1.54, 1.807) is 0 Å². The number of hydrogen-bond acceptors (Lipinski definition) is 5. The molecule has 0 saturated heterocycles. The molecule has 0 bridgehead atoms. The molecule has 0 aliphatic rings. The maximum Gasteiger partial charge on any atom is 0.340 e. The van der Waals surface area contributed by atoms with Crippen LogP contribution >= 0.6 is 0 Å². The number of nitriles is 1. The van der Waals surface area contributed by atoms with Crippen LogP contribution in [-0.4, -0.2) is 25.2 Å². The van der Waals surface area contributed by atoms with E-state index in [2.05, 4.69) is 9.72 Å². The lowest BCUT2D eigenvalue weighted by molar-refractivity contribution is 0.0600. The highest BCUT2D eigenvalue weighted by Gasteiger charge is 2.13. The molecule has 14 heavy (non-hydrogen) atoms. The van der Waals surface area contributed by atoms with Crippen LogP contribution in [0.5, 0.6) is 5.88 Å². The largest absolute Gasteiger partial charge is 0.481 e. The first-order chi connectivity index (χ1) is 6.72. The van der Waals surface area contributed by atoms with Crippen molar-refractivity contribution in [3.63, 3.8) is 0 Å². The number of aromatic nitrogens is 1. The number of nitrogens with zero attached hydrogens (tertiary/aromatic N) is 2. The van der Waals surface area contributed by atoms with E-state index in [-0.39, 0.29) is 17.0 Å². The van der Waals surface area contributed by atoms with Crippen LogP contribution in [0.3, 0.4) is 0 Å². The van der Waals surface area contributed by atoms with Gasteiger partial charge in [-0.25, -0.2) is 9.78 Å². The van der Waals surface area contributed by atoms with Crippen molar-refractivity contribution in [2.45, 2.75) is 0 Å². The first-order valence-electron chi connectivity index (χ1n) is 3.75. The van der Waals surface area contributed by atoms with Crippen LogP contribution in [0.15, 0.2) is 12.3 Å². The van der Waals surface area contributed by atoms with Crippen molar-refractivity contribution in [1.29, 1.82) is 5.26 Å². The number of carbonyl (C=O) groups excluding carboxylic acids is 1. The summed E-state index contributed by atoms with van der Waals surface area (Å²) in [6.07, 6.45) is 1.25. The molecule has 0 aliphatic heterocycles. The highest BCUT2D eigenvalue weighted by atomic mass is 16.5. The number of rotatable bonds is 2. The summed E-state index contributed by atoms with van der Waals surface area (Å²) >= 11 is 0. The summed E-state index contributed by atoms with van der Waals surface area (Å²) < 4.78 is 9.29. The first-order valence-corrected chi connectivity index (χ1v) is 3.75. The van der Waals surface area contributed by atoms with E-state index in [9.17, 15) is 4.79 Å². The van der Waals surface area contributed by atoms with E-state index < -0.39 is 5.97 Å². The molecule has 1 rings (SSSR count). The molecular weight excluding hydrogens is 184 g/mol. The van der Waals surface area contributed by atoms with Gasteiger partial charge in [0.2, 0.25) is 5.88 Å². The number of carbonyl (C=O) groups is 1. The summed E-state index contributed by atoms with van der Waals surface area (Å²) in [5.41, 5.74) is 0.319. The molecule has 0 N–H and O–H groups in total. The van der Waals surface area contributed by atoms with E-state index in [4.69, 9.17) is 10.00 Å². The Morgan fingerprint density at radius 2 is 2.29 bits per heavy atom. The number of pyridine rings is 1. The van der Waals surface area contributed by atoms with Crippen molar-refractivity contribution < 1.29 is 14.3 Å². The Morgan fingerprint density at radius 1 is 1.57 bits per heavy atom. The Bertz CT molecular complexity index is 396. The van der Waals surface area contributed by atoms with Crippen LogP contribution in [0.25, 0.3) is 0 Å². The van der Waals surface area contributed by atoms with Gasteiger partial charge >= 0.3 is 5.97 Å². The monoisotopic (exact) mass is 192 g/mol. The molecule has 5 nitrogen and oxygen atoms in total. The van der Waals surface area contributed by atoms with Gasteiger partial charge in [-0.05, 0) is 0 Å². The molecule has 0 saturated carbocycles. The van der Waals surface area contributed by atoms with Crippen molar-refractivity contribution in [3.05, 3.63) is 23.4 Å². The molecule has 72 valence electrons. The minimum Gasteiger partial charge on any atom is -0.481 e. The highest BCUT2D eigenvalue weighted by Crippen LogP contribution is 2.13. The Hall–Kier alpha value is -2.09. The fourth-order valence-corrected chi connectivity index (χ4v) is 0.913. The second-order valence-electron chi connectivity index (χ2n) is 2.38. The maximum atomic E-state index is 11.1. The SMILES string of the molecule is COC(=O)c1cnc(OC)cc1C#N. The average Bonchev–Trinajstić information content (AvgIpc) is 2.27. The van der Waals surface area contributed by atoms with Gasteiger partial charge < -0.3 is 9.47 Å². The lowest BCUT2D eigenvalue weighted by Crippen LogP contribution is -2.05. The second-order valence-corrected chi connectivity index (χ2v) is 2.38. The number of esters is 1. The summed E-state index contributed by atoms with van der Waals surface area (Å²) in [5.74, 6) is -0.300. The topological polar surface area (TPSA) is 72.2 Å². The fraction of sp³-hybridized carbons (Fsp3) is 0.222. The van der Waals surface area contributed by atoms with Gasteiger partial charge in [0.05, 0.1) is 25.3 Å². The van der Waals surface area contributed by atoms with E-state index in [0.29, 0.717) is 0 Å². The van der Waals surface area contributed by atoms with Gasteiger partial charge in [0.25, 0.3) is 0 Å². The molecule has 0 atom stereocenters. The van der Waals surface area contributed by atoms with Crippen molar-refractivity contribution in [2.24, 2.45) is 0 Å². The summed E-state index contributed by atoms with van der Waals surface area (Å²) in [6, 6.07) is 3.25. The van der Waals surface area contributed by atoms with Gasteiger partial charge in [-0.15, -0.1) is 0 Å². The minimum absolute atomic E-state index is 0.135. The molecule has 0 fully saturated rings. The third-order valence-electron chi connectivity index (χ3n) is 1.61. The van der Waals surface area contributed by atoms with Gasteiger partial charge in [-0.1, -0.05) is 0 Å². The molecule has 0 unspecified atom stereocenters. The van der Waals surface area contributed by atoms with Crippen LogP contribution in [0.2, 0.25) is 0 Å². The first kappa shape index (κ1) is 9.99. The smallest absolute Gasteiger partial charge is 0.340 e. The Morgan fingerprint density at radius 3 is 2.79 bits per heavy atom. The maximum absolute atomic E-state index is 11.1. The zero-order chi connectivity index (χ0) is 10.6. The van der Waals surface area contributed by atoms with Crippen molar-refractivity contribution in [2.75, 3.05) is 14.2 Å². The molecule has 5 heteroatoms. The van der Waals surface area contributed by atoms with Crippen LogP contribution in [0.4, 0.5) is 0 Å². The standard InChI is InChI=1S/C9H8N2O3/c1-13-8-3-6(4-10)7(5-11-8)9(12)14-2/h3,5H,1-2H3. The van der Waals surface area contributed by atoms with Gasteiger partial charge in [-0.2, -0.15) is 5.26 Å².